The Balaban J connectivity index is 2.16. The molecule has 1 aliphatic rings. The lowest BCUT2D eigenvalue weighted by Crippen LogP contribution is -2.22. The van der Waals surface area contributed by atoms with Crippen LogP contribution in [0.25, 0.3) is 0 Å². The van der Waals surface area contributed by atoms with Gasteiger partial charge < -0.3 is 10.1 Å². The van der Waals surface area contributed by atoms with Crippen molar-refractivity contribution in [1.82, 2.24) is 5.32 Å². The lowest BCUT2D eigenvalue weighted by Gasteiger charge is -2.13. The van der Waals surface area contributed by atoms with Crippen LogP contribution in [0.3, 0.4) is 0 Å². The van der Waals surface area contributed by atoms with Gasteiger partial charge in [0.1, 0.15) is 0 Å². The van der Waals surface area contributed by atoms with E-state index in [1.807, 2.05) is 0 Å². The molecule has 0 aromatic carbocycles. The maximum Gasteiger partial charge on any atom is 0.0717 e. The Bertz CT molecular complexity index is 125. The van der Waals surface area contributed by atoms with E-state index in [1.54, 1.807) is 0 Å². The van der Waals surface area contributed by atoms with E-state index in [1.165, 1.54) is 19.3 Å². The molecule has 1 heterocycles. The van der Waals surface area contributed by atoms with E-state index in [0.29, 0.717) is 18.2 Å². The first-order chi connectivity index (χ1) is 5.72. The molecule has 0 saturated carbocycles. The summed E-state index contributed by atoms with van der Waals surface area (Å²) >= 11 is 0. The molecular formula is C10H21NO. The van der Waals surface area contributed by atoms with E-state index < -0.39 is 0 Å². The van der Waals surface area contributed by atoms with Crippen LogP contribution in [0.2, 0.25) is 0 Å². The molecule has 2 unspecified atom stereocenters. The third-order valence-corrected chi connectivity index (χ3v) is 2.28. The summed E-state index contributed by atoms with van der Waals surface area (Å²) in [5.74, 6) is 0. The lowest BCUT2D eigenvalue weighted by atomic mass is 10.1. The fourth-order valence-corrected chi connectivity index (χ4v) is 1.84. The normalized spacial score (nSPS) is 30.0. The first-order valence-electron chi connectivity index (χ1n) is 5.11. The average Bonchev–Trinajstić information content (AvgIpc) is 2.36. The number of hydrogen-bond acceptors (Lipinski definition) is 2. The van der Waals surface area contributed by atoms with Gasteiger partial charge in [-0.15, -0.1) is 0 Å². The Kier molecular flexibility index (Phi) is 4.02. The van der Waals surface area contributed by atoms with Crippen LogP contribution in [0.15, 0.2) is 0 Å². The Morgan fingerprint density at radius 1 is 1.50 bits per heavy atom. The van der Waals surface area contributed by atoms with Crippen LogP contribution >= 0.6 is 0 Å². The van der Waals surface area contributed by atoms with Gasteiger partial charge in [0, 0.05) is 12.6 Å². The van der Waals surface area contributed by atoms with Crippen molar-refractivity contribution in [2.24, 2.45) is 0 Å². The summed E-state index contributed by atoms with van der Waals surface area (Å²) in [4.78, 5) is 0. The van der Waals surface area contributed by atoms with E-state index in [9.17, 15) is 0 Å². The van der Waals surface area contributed by atoms with Crippen molar-refractivity contribution in [3.8, 4) is 0 Å². The van der Waals surface area contributed by atoms with Crippen molar-refractivity contribution in [1.29, 1.82) is 0 Å². The summed E-state index contributed by atoms with van der Waals surface area (Å²) < 4.78 is 5.73. The molecule has 2 atom stereocenters. The summed E-state index contributed by atoms with van der Waals surface area (Å²) in [6, 6.07) is 0.707. The molecule has 0 radical (unpaired) electrons. The fourth-order valence-electron chi connectivity index (χ4n) is 1.84. The second kappa shape index (κ2) is 4.83. The molecule has 2 heteroatoms. The Labute approximate surface area is 75.7 Å². The van der Waals surface area contributed by atoms with Gasteiger partial charge in [-0.05, 0) is 26.7 Å². The molecule has 0 aromatic rings. The second-order valence-corrected chi connectivity index (χ2v) is 3.94. The molecule has 1 aliphatic heterocycles. The van der Waals surface area contributed by atoms with E-state index in [2.05, 4.69) is 26.1 Å². The third-order valence-electron chi connectivity index (χ3n) is 2.28. The highest BCUT2D eigenvalue weighted by molar-refractivity contribution is 4.82. The van der Waals surface area contributed by atoms with E-state index in [0.717, 1.165) is 6.54 Å². The number of rotatable bonds is 4. The standard InChI is InChI=1S/C10H21NO/c1-4-5-9-6-10(7-11-9)12-8(2)3/h8-11H,4-7H2,1-3H3. The second-order valence-electron chi connectivity index (χ2n) is 3.94. The van der Waals surface area contributed by atoms with Crippen LogP contribution in [-0.4, -0.2) is 24.8 Å². The lowest BCUT2D eigenvalue weighted by molar-refractivity contribution is 0.0186. The predicted octanol–water partition coefficient (Wildman–Crippen LogP) is 1.94. The Morgan fingerprint density at radius 2 is 2.25 bits per heavy atom. The molecule has 2 nitrogen and oxygen atoms in total. The minimum atomic E-state index is 0.372. The highest BCUT2D eigenvalue weighted by Gasteiger charge is 2.24. The third kappa shape index (κ3) is 3.11. The van der Waals surface area contributed by atoms with Crippen LogP contribution in [0.1, 0.15) is 40.0 Å². The van der Waals surface area contributed by atoms with Gasteiger partial charge in [-0.1, -0.05) is 13.3 Å². The molecule has 1 N–H and O–H groups in total. The maximum atomic E-state index is 5.73. The smallest absolute Gasteiger partial charge is 0.0717 e. The van der Waals surface area contributed by atoms with Crippen molar-refractivity contribution < 1.29 is 4.74 Å². The SMILES string of the molecule is CCCC1CC(OC(C)C)CN1. The summed E-state index contributed by atoms with van der Waals surface area (Å²) in [6.07, 6.45) is 4.59. The van der Waals surface area contributed by atoms with Crippen molar-refractivity contribution in [2.75, 3.05) is 6.54 Å². The molecule has 12 heavy (non-hydrogen) atoms. The quantitative estimate of drug-likeness (QED) is 0.698. The van der Waals surface area contributed by atoms with Crippen LogP contribution < -0.4 is 5.32 Å². The zero-order valence-corrected chi connectivity index (χ0v) is 8.47. The molecule has 1 saturated heterocycles. The minimum absolute atomic E-state index is 0.372. The molecule has 1 fully saturated rings. The van der Waals surface area contributed by atoms with Gasteiger partial charge in [-0.3, -0.25) is 0 Å². The van der Waals surface area contributed by atoms with Crippen molar-refractivity contribution in [2.45, 2.75) is 58.3 Å². The molecule has 0 aliphatic carbocycles. The molecule has 0 amide bonds. The summed E-state index contributed by atoms with van der Waals surface area (Å²) in [7, 11) is 0. The molecule has 0 aromatic heterocycles. The van der Waals surface area contributed by atoms with Crippen LogP contribution in [0, 0.1) is 0 Å². The zero-order chi connectivity index (χ0) is 8.97. The summed E-state index contributed by atoms with van der Waals surface area (Å²) in [5, 5.41) is 3.49. The topological polar surface area (TPSA) is 21.3 Å². The minimum Gasteiger partial charge on any atom is -0.374 e. The first-order valence-corrected chi connectivity index (χ1v) is 5.11. The van der Waals surface area contributed by atoms with Crippen molar-refractivity contribution in [3.63, 3.8) is 0 Å². The van der Waals surface area contributed by atoms with Gasteiger partial charge in [0.15, 0.2) is 0 Å². The highest BCUT2D eigenvalue weighted by atomic mass is 16.5. The van der Waals surface area contributed by atoms with E-state index in [-0.39, 0.29) is 0 Å². The van der Waals surface area contributed by atoms with Crippen LogP contribution in [0.4, 0.5) is 0 Å². The molecule has 0 bridgehead atoms. The van der Waals surface area contributed by atoms with Crippen LogP contribution in [-0.2, 0) is 4.74 Å². The van der Waals surface area contributed by atoms with Crippen molar-refractivity contribution in [3.05, 3.63) is 0 Å². The zero-order valence-electron chi connectivity index (χ0n) is 8.47. The number of ether oxygens (including phenoxy) is 1. The van der Waals surface area contributed by atoms with Gasteiger partial charge in [0.2, 0.25) is 0 Å². The summed E-state index contributed by atoms with van der Waals surface area (Å²) in [6.45, 7) is 7.49. The first kappa shape index (κ1) is 10.0. The number of nitrogens with one attached hydrogen (secondary N) is 1. The highest BCUT2D eigenvalue weighted by Crippen LogP contribution is 2.15. The summed E-state index contributed by atoms with van der Waals surface area (Å²) in [5.41, 5.74) is 0. The Hall–Kier alpha value is -0.0800. The van der Waals surface area contributed by atoms with Gasteiger partial charge >= 0.3 is 0 Å². The molecule has 72 valence electrons. The molecule has 1 rings (SSSR count). The maximum absolute atomic E-state index is 5.73. The van der Waals surface area contributed by atoms with Crippen LogP contribution in [0.5, 0.6) is 0 Å². The van der Waals surface area contributed by atoms with Gasteiger partial charge in [0.25, 0.3) is 0 Å². The predicted molar refractivity (Wildman–Crippen MR) is 51.3 cm³/mol. The van der Waals surface area contributed by atoms with Gasteiger partial charge in [-0.2, -0.15) is 0 Å². The average molecular weight is 171 g/mol. The number of hydrogen-bond donors (Lipinski definition) is 1. The largest absolute Gasteiger partial charge is 0.374 e. The Morgan fingerprint density at radius 3 is 2.83 bits per heavy atom. The van der Waals surface area contributed by atoms with Crippen molar-refractivity contribution >= 4 is 0 Å². The van der Waals surface area contributed by atoms with E-state index >= 15 is 0 Å². The molecular weight excluding hydrogens is 150 g/mol. The van der Waals surface area contributed by atoms with E-state index in [4.69, 9.17) is 4.74 Å². The van der Waals surface area contributed by atoms with Gasteiger partial charge in [-0.25, -0.2) is 0 Å². The fraction of sp³-hybridized carbons (Fsp3) is 1.00. The molecule has 0 spiro atoms. The van der Waals surface area contributed by atoms with Gasteiger partial charge in [0.05, 0.1) is 12.2 Å². The monoisotopic (exact) mass is 171 g/mol.